The van der Waals surface area contributed by atoms with Crippen molar-refractivity contribution in [1.29, 1.82) is 0 Å². The molecule has 0 bridgehead atoms. The summed E-state index contributed by atoms with van der Waals surface area (Å²) < 4.78 is 17.6. The first-order valence-electron chi connectivity index (χ1n) is 4.20. The van der Waals surface area contributed by atoms with Crippen LogP contribution < -0.4 is 0 Å². The van der Waals surface area contributed by atoms with E-state index in [0.717, 1.165) is 0 Å². The molecule has 0 N–H and O–H groups in total. The summed E-state index contributed by atoms with van der Waals surface area (Å²) in [7, 11) is 0. The molecule has 2 nitrogen and oxygen atoms in total. The van der Waals surface area contributed by atoms with Gasteiger partial charge in [0.2, 0.25) is 5.78 Å². The summed E-state index contributed by atoms with van der Waals surface area (Å²) in [6.45, 7) is 2.25. The van der Waals surface area contributed by atoms with E-state index in [1.807, 2.05) is 0 Å². The number of hydrogen-bond acceptors (Lipinski definition) is 2. The molecule has 1 unspecified atom stereocenters. The normalized spacial score (nSPS) is 12.5. The number of alkyl halides is 1. The summed E-state index contributed by atoms with van der Waals surface area (Å²) >= 11 is 3.09. The van der Waals surface area contributed by atoms with Gasteiger partial charge < -0.3 is 4.74 Å². The molecule has 0 aromatic heterocycles. The summed E-state index contributed by atoms with van der Waals surface area (Å²) in [5.74, 6) is -0.559. The maximum Gasteiger partial charge on any atom is 0.202 e. The van der Waals surface area contributed by atoms with Crippen molar-refractivity contribution in [1.82, 2.24) is 0 Å². The number of ketones is 1. The monoisotopic (exact) mass is 260 g/mol. The Kier molecular flexibility index (Phi) is 4.22. The molecule has 0 saturated carbocycles. The number of rotatable bonds is 4. The lowest BCUT2D eigenvalue weighted by Crippen LogP contribution is -2.17. The molecular weight excluding hydrogens is 251 g/mol. The van der Waals surface area contributed by atoms with Crippen molar-refractivity contribution in [2.45, 2.75) is 11.9 Å². The third-order valence-electron chi connectivity index (χ3n) is 1.65. The van der Waals surface area contributed by atoms with Crippen LogP contribution in [-0.2, 0) is 4.74 Å². The number of benzene rings is 1. The Bertz CT molecular complexity index is 310. The highest BCUT2D eigenvalue weighted by Crippen LogP contribution is 2.12. The van der Waals surface area contributed by atoms with Crippen molar-refractivity contribution in [3.63, 3.8) is 0 Å². The van der Waals surface area contributed by atoms with Crippen LogP contribution in [-0.4, -0.2) is 17.4 Å². The minimum absolute atomic E-state index is 0.202. The van der Waals surface area contributed by atoms with Crippen LogP contribution in [0, 0.1) is 5.82 Å². The Hall–Kier alpha value is -0.740. The third kappa shape index (κ3) is 2.89. The van der Waals surface area contributed by atoms with Gasteiger partial charge in [-0.25, -0.2) is 4.39 Å². The van der Waals surface area contributed by atoms with Crippen molar-refractivity contribution >= 4 is 21.7 Å². The van der Waals surface area contributed by atoms with Crippen molar-refractivity contribution in [3.05, 3.63) is 35.6 Å². The standard InChI is InChI=1S/C10H10BrFO2/c1-2-14-10(11)9(13)7-3-5-8(12)6-4-7/h3-6,10H,2H2,1H3. The van der Waals surface area contributed by atoms with Crippen LogP contribution in [0.1, 0.15) is 17.3 Å². The van der Waals surface area contributed by atoms with Gasteiger partial charge in [-0.2, -0.15) is 0 Å². The van der Waals surface area contributed by atoms with Gasteiger partial charge in [-0.3, -0.25) is 4.79 Å². The molecule has 0 aliphatic carbocycles. The van der Waals surface area contributed by atoms with Crippen LogP contribution in [0.15, 0.2) is 24.3 Å². The predicted octanol–water partition coefficient (Wildman–Crippen LogP) is 2.77. The van der Waals surface area contributed by atoms with Crippen LogP contribution in [0.2, 0.25) is 0 Å². The molecule has 1 aromatic carbocycles. The van der Waals surface area contributed by atoms with Gasteiger partial charge in [0.1, 0.15) is 5.82 Å². The Balaban J connectivity index is 2.74. The predicted molar refractivity (Wildman–Crippen MR) is 55.1 cm³/mol. The molecular formula is C10H10BrFO2. The lowest BCUT2D eigenvalue weighted by atomic mass is 10.1. The molecule has 4 heteroatoms. The van der Waals surface area contributed by atoms with E-state index in [2.05, 4.69) is 15.9 Å². The smallest absolute Gasteiger partial charge is 0.202 e. The van der Waals surface area contributed by atoms with Crippen molar-refractivity contribution in [2.24, 2.45) is 0 Å². The summed E-state index contributed by atoms with van der Waals surface area (Å²) in [5.41, 5.74) is 0.432. The van der Waals surface area contributed by atoms with Crippen LogP contribution in [0.25, 0.3) is 0 Å². The first kappa shape index (κ1) is 11.3. The number of ether oxygens (including phenoxy) is 1. The van der Waals surface area contributed by atoms with E-state index in [1.54, 1.807) is 6.92 Å². The van der Waals surface area contributed by atoms with E-state index in [1.165, 1.54) is 24.3 Å². The van der Waals surface area contributed by atoms with E-state index in [4.69, 9.17) is 4.74 Å². The molecule has 1 atom stereocenters. The first-order valence-corrected chi connectivity index (χ1v) is 5.12. The van der Waals surface area contributed by atoms with Gasteiger partial charge in [-0.05, 0) is 47.1 Å². The van der Waals surface area contributed by atoms with Crippen LogP contribution >= 0.6 is 15.9 Å². The largest absolute Gasteiger partial charge is 0.359 e. The van der Waals surface area contributed by atoms with Gasteiger partial charge in [-0.15, -0.1) is 0 Å². The molecule has 0 amide bonds. The van der Waals surface area contributed by atoms with E-state index < -0.39 is 5.01 Å². The Labute approximate surface area is 90.2 Å². The molecule has 0 radical (unpaired) electrons. The lowest BCUT2D eigenvalue weighted by Gasteiger charge is -2.08. The van der Waals surface area contributed by atoms with E-state index in [9.17, 15) is 9.18 Å². The second-order valence-electron chi connectivity index (χ2n) is 2.64. The van der Waals surface area contributed by atoms with Gasteiger partial charge >= 0.3 is 0 Å². The minimum Gasteiger partial charge on any atom is -0.359 e. The van der Waals surface area contributed by atoms with Gasteiger partial charge in [0.25, 0.3) is 0 Å². The zero-order valence-corrected chi connectivity index (χ0v) is 9.25. The summed E-state index contributed by atoms with van der Waals surface area (Å²) in [6, 6.07) is 5.37. The number of Topliss-reactive ketones (excluding diaryl/α,β-unsaturated/α-hetero) is 1. The van der Waals surface area contributed by atoms with E-state index in [-0.39, 0.29) is 11.6 Å². The first-order chi connectivity index (χ1) is 6.65. The molecule has 0 fully saturated rings. The molecule has 1 aromatic rings. The van der Waals surface area contributed by atoms with Crippen molar-refractivity contribution < 1.29 is 13.9 Å². The van der Waals surface area contributed by atoms with Gasteiger partial charge in [0.05, 0.1) is 0 Å². The van der Waals surface area contributed by atoms with Gasteiger partial charge in [0.15, 0.2) is 5.01 Å². The Morgan fingerprint density at radius 3 is 2.57 bits per heavy atom. The van der Waals surface area contributed by atoms with E-state index in [0.29, 0.717) is 12.2 Å². The average Bonchev–Trinajstić information content (AvgIpc) is 2.18. The SMILES string of the molecule is CCOC(Br)C(=O)c1ccc(F)cc1. The molecule has 0 saturated heterocycles. The summed E-state index contributed by atoms with van der Waals surface area (Å²) in [5, 5.41) is -0.655. The lowest BCUT2D eigenvalue weighted by molar-refractivity contribution is 0.0723. The molecule has 76 valence electrons. The topological polar surface area (TPSA) is 26.3 Å². The highest BCUT2D eigenvalue weighted by molar-refractivity contribution is 9.09. The highest BCUT2D eigenvalue weighted by atomic mass is 79.9. The number of hydrogen-bond donors (Lipinski definition) is 0. The molecule has 14 heavy (non-hydrogen) atoms. The van der Waals surface area contributed by atoms with Crippen molar-refractivity contribution in [2.75, 3.05) is 6.61 Å². The fraction of sp³-hybridized carbons (Fsp3) is 0.300. The maximum atomic E-state index is 12.5. The average molecular weight is 261 g/mol. The molecule has 0 aliphatic heterocycles. The Morgan fingerprint density at radius 2 is 2.07 bits per heavy atom. The van der Waals surface area contributed by atoms with Crippen LogP contribution in [0.4, 0.5) is 4.39 Å². The number of carbonyl (C=O) groups is 1. The quantitative estimate of drug-likeness (QED) is 0.615. The summed E-state index contributed by atoms with van der Waals surface area (Å²) in [6.07, 6.45) is 0. The van der Waals surface area contributed by atoms with Crippen molar-refractivity contribution in [3.8, 4) is 0 Å². The molecule has 1 rings (SSSR count). The number of halogens is 2. The number of carbonyl (C=O) groups excluding carboxylic acids is 1. The van der Waals surface area contributed by atoms with Gasteiger partial charge in [0, 0.05) is 12.2 Å². The Morgan fingerprint density at radius 1 is 1.50 bits per heavy atom. The molecule has 0 aliphatic rings. The highest BCUT2D eigenvalue weighted by Gasteiger charge is 2.16. The molecule has 0 spiro atoms. The third-order valence-corrected chi connectivity index (χ3v) is 2.33. The fourth-order valence-electron chi connectivity index (χ4n) is 0.967. The molecule has 0 heterocycles. The maximum absolute atomic E-state index is 12.5. The zero-order chi connectivity index (χ0) is 10.6. The summed E-state index contributed by atoms with van der Waals surface area (Å²) in [4.78, 5) is 11.6. The van der Waals surface area contributed by atoms with Gasteiger partial charge in [-0.1, -0.05) is 0 Å². The second kappa shape index (κ2) is 5.22. The fourth-order valence-corrected chi connectivity index (χ4v) is 1.50. The van der Waals surface area contributed by atoms with E-state index >= 15 is 0 Å². The second-order valence-corrected chi connectivity index (χ2v) is 3.47. The zero-order valence-electron chi connectivity index (χ0n) is 7.67. The van der Waals surface area contributed by atoms with Crippen LogP contribution in [0.3, 0.4) is 0 Å². The van der Waals surface area contributed by atoms with Crippen LogP contribution in [0.5, 0.6) is 0 Å². The minimum atomic E-state index is -0.655.